The van der Waals surface area contributed by atoms with E-state index in [1.807, 2.05) is 0 Å². The normalized spacial score (nSPS) is 11.5. The van der Waals surface area contributed by atoms with Gasteiger partial charge < -0.3 is 9.84 Å². The summed E-state index contributed by atoms with van der Waals surface area (Å²) in [5.41, 5.74) is 0.547. The second kappa shape index (κ2) is 11.1. The third-order valence-corrected chi connectivity index (χ3v) is 5.64. The summed E-state index contributed by atoms with van der Waals surface area (Å²) in [5, 5.41) is 9.56. The Kier molecular flexibility index (Phi) is 8.80. The molecule has 6 heteroatoms. The number of hydrogen-bond donors (Lipinski definition) is 2. The lowest BCUT2D eigenvalue weighted by molar-refractivity contribution is 0.438. The smallest absolute Gasteiger partial charge is 0.298 e. The molecule has 0 saturated carbocycles. The van der Waals surface area contributed by atoms with Crippen LogP contribution in [-0.4, -0.2) is 18.1 Å². The van der Waals surface area contributed by atoms with Crippen LogP contribution in [0.15, 0.2) is 47.4 Å². The largest absolute Gasteiger partial charge is 0.508 e. The summed E-state index contributed by atoms with van der Waals surface area (Å²) < 4.78 is 39.4. The van der Waals surface area contributed by atoms with Crippen molar-refractivity contribution in [1.29, 1.82) is 0 Å². The third kappa shape index (κ3) is 7.17. The van der Waals surface area contributed by atoms with Crippen LogP contribution in [0.3, 0.4) is 0 Å². The van der Waals surface area contributed by atoms with Gasteiger partial charge >= 0.3 is 0 Å². The molecule has 0 bridgehead atoms. The van der Waals surface area contributed by atoms with Gasteiger partial charge in [0.25, 0.3) is 10.1 Å². The predicted molar refractivity (Wildman–Crippen MR) is 111 cm³/mol. The molecule has 2 aromatic carbocycles. The molecule has 28 heavy (non-hydrogen) atoms. The Morgan fingerprint density at radius 3 is 2.18 bits per heavy atom. The van der Waals surface area contributed by atoms with Gasteiger partial charge in [0.2, 0.25) is 0 Å². The van der Waals surface area contributed by atoms with E-state index in [0.717, 1.165) is 19.3 Å². The number of unbranched alkanes of at least 4 members (excludes halogenated alkanes) is 7. The summed E-state index contributed by atoms with van der Waals surface area (Å²) in [7, 11) is -4.44. The van der Waals surface area contributed by atoms with Crippen LogP contribution in [0.2, 0.25) is 0 Å². The molecule has 0 aromatic heterocycles. The van der Waals surface area contributed by atoms with Crippen molar-refractivity contribution in [1.82, 2.24) is 0 Å². The highest BCUT2D eigenvalue weighted by Crippen LogP contribution is 2.33. The van der Waals surface area contributed by atoms with Crippen LogP contribution in [0.4, 0.5) is 0 Å². The quantitative estimate of drug-likeness (QED) is 0.328. The number of aromatic hydroxyl groups is 1. The number of hydrogen-bond acceptors (Lipinski definition) is 4. The summed E-state index contributed by atoms with van der Waals surface area (Å²) in [6.07, 6.45) is 9.80. The van der Waals surface area contributed by atoms with E-state index in [0.29, 0.717) is 17.7 Å². The molecule has 0 spiro atoms. The lowest BCUT2D eigenvalue weighted by Crippen LogP contribution is -2.06. The van der Waals surface area contributed by atoms with Crippen LogP contribution in [0, 0.1) is 0 Å². The van der Waals surface area contributed by atoms with Crippen LogP contribution in [0.1, 0.15) is 63.9 Å². The number of benzene rings is 2. The van der Waals surface area contributed by atoms with Crippen LogP contribution < -0.4 is 4.74 Å². The Bertz CT molecular complexity index is 846. The third-order valence-electron chi connectivity index (χ3n) is 4.66. The molecule has 2 aromatic rings. The minimum atomic E-state index is -4.44. The van der Waals surface area contributed by atoms with Crippen molar-refractivity contribution >= 4 is 10.1 Å². The van der Waals surface area contributed by atoms with Gasteiger partial charge in [0.05, 0.1) is 0 Å². The molecule has 0 aliphatic rings. The zero-order valence-corrected chi connectivity index (χ0v) is 17.2. The van der Waals surface area contributed by atoms with E-state index < -0.39 is 10.1 Å². The Morgan fingerprint density at radius 2 is 1.54 bits per heavy atom. The van der Waals surface area contributed by atoms with Gasteiger partial charge in [0.1, 0.15) is 22.1 Å². The number of rotatable bonds is 12. The molecule has 0 radical (unpaired) electrons. The lowest BCUT2D eigenvalue weighted by Gasteiger charge is -2.13. The highest BCUT2D eigenvalue weighted by Gasteiger charge is 2.22. The van der Waals surface area contributed by atoms with Crippen LogP contribution in [0.5, 0.6) is 17.2 Å². The van der Waals surface area contributed by atoms with Crippen molar-refractivity contribution in [2.75, 3.05) is 0 Å². The van der Waals surface area contributed by atoms with Crippen LogP contribution >= 0.6 is 0 Å². The highest BCUT2D eigenvalue weighted by atomic mass is 32.2. The van der Waals surface area contributed by atoms with Gasteiger partial charge in [0.15, 0.2) is 0 Å². The fourth-order valence-electron chi connectivity index (χ4n) is 3.25. The number of phenolic OH excluding ortho intramolecular Hbond substituents is 1. The monoisotopic (exact) mass is 406 g/mol. The molecule has 0 amide bonds. The number of phenols is 1. The van der Waals surface area contributed by atoms with Crippen molar-refractivity contribution in [2.24, 2.45) is 0 Å². The maximum Gasteiger partial charge on any atom is 0.298 e. The molecule has 2 rings (SSSR count). The first-order valence-corrected chi connectivity index (χ1v) is 11.4. The van der Waals surface area contributed by atoms with E-state index in [-0.39, 0.29) is 16.4 Å². The van der Waals surface area contributed by atoms with Crippen molar-refractivity contribution in [3.63, 3.8) is 0 Å². The van der Waals surface area contributed by atoms with Crippen molar-refractivity contribution in [3.05, 3.63) is 48.0 Å². The maximum absolute atomic E-state index is 12.0. The van der Waals surface area contributed by atoms with Gasteiger partial charge in [0, 0.05) is 6.07 Å². The molecule has 0 aliphatic carbocycles. The Hall–Kier alpha value is -2.05. The van der Waals surface area contributed by atoms with E-state index >= 15 is 0 Å². The minimum Gasteiger partial charge on any atom is -0.508 e. The average Bonchev–Trinajstić information content (AvgIpc) is 2.63. The fourth-order valence-corrected chi connectivity index (χ4v) is 4.12. The molecule has 0 aliphatic heterocycles. The first-order valence-electron chi connectivity index (χ1n) is 9.98. The van der Waals surface area contributed by atoms with E-state index in [1.54, 1.807) is 24.3 Å². The molecule has 2 N–H and O–H groups in total. The predicted octanol–water partition coefficient (Wildman–Crippen LogP) is 6.11. The molecule has 154 valence electrons. The van der Waals surface area contributed by atoms with Gasteiger partial charge in [-0.05, 0) is 36.6 Å². The van der Waals surface area contributed by atoms with E-state index in [9.17, 15) is 18.1 Å². The first-order chi connectivity index (χ1) is 13.4. The van der Waals surface area contributed by atoms with E-state index in [4.69, 9.17) is 4.74 Å². The van der Waals surface area contributed by atoms with E-state index in [1.165, 1.54) is 50.3 Å². The summed E-state index contributed by atoms with van der Waals surface area (Å²) in [6.45, 7) is 2.20. The van der Waals surface area contributed by atoms with Crippen molar-refractivity contribution < 1.29 is 22.8 Å². The highest BCUT2D eigenvalue weighted by molar-refractivity contribution is 7.86. The van der Waals surface area contributed by atoms with Gasteiger partial charge in [-0.3, -0.25) is 4.55 Å². The molecule has 5 nitrogen and oxygen atoms in total. The fraction of sp³-hybridized carbons (Fsp3) is 0.455. The van der Waals surface area contributed by atoms with Crippen LogP contribution in [0.25, 0.3) is 0 Å². The van der Waals surface area contributed by atoms with E-state index in [2.05, 4.69) is 6.92 Å². The number of aryl methyl sites for hydroxylation is 1. The molecule has 0 fully saturated rings. The Morgan fingerprint density at radius 1 is 0.893 bits per heavy atom. The molecule has 0 saturated heterocycles. The Labute approximate surface area is 168 Å². The van der Waals surface area contributed by atoms with Gasteiger partial charge in [-0.2, -0.15) is 8.42 Å². The topological polar surface area (TPSA) is 83.8 Å². The summed E-state index contributed by atoms with van der Waals surface area (Å²) in [6, 6.07) is 11.0. The minimum absolute atomic E-state index is 0.0148. The van der Waals surface area contributed by atoms with Gasteiger partial charge in [-0.15, -0.1) is 0 Å². The Balaban J connectivity index is 2.04. The second-order valence-corrected chi connectivity index (χ2v) is 8.40. The molecule has 0 unspecified atom stereocenters. The molecule has 0 heterocycles. The summed E-state index contributed by atoms with van der Waals surface area (Å²) >= 11 is 0. The van der Waals surface area contributed by atoms with Crippen molar-refractivity contribution in [2.45, 2.75) is 69.6 Å². The lowest BCUT2D eigenvalue weighted by atomic mass is 10.0. The SMILES string of the molecule is CCCCCCCCCCc1cccc(Oc2cccc(O)c2)c1S(=O)(=O)O. The first kappa shape index (κ1) is 22.2. The molecular weight excluding hydrogens is 376 g/mol. The van der Waals surface area contributed by atoms with Gasteiger partial charge in [-0.25, -0.2) is 0 Å². The second-order valence-electron chi connectivity index (χ2n) is 7.04. The number of ether oxygens (including phenoxy) is 1. The standard InChI is InChI=1S/C22H30O5S/c1-2-3-4-5-6-7-8-9-12-18-13-10-16-21(22(18)28(24,25)26)27-20-15-11-14-19(23)17-20/h10-11,13-17,23H,2-9,12H2,1H3,(H,24,25,26). The van der Waals surface area contributed by atoms with Crippen molar-refractivity contribution in [3.8, 4) is 17.2 Å². The molecular formula is C22H30O5S. The summed E-state index contributed by atoms with van der Waals surface area (Å²) in [5.74, 6) is 0.375. The van der Waals surface area contributed by atoms with Gasteiger partial charge in [-0.1, -0.05) is 70.1 Å². The summed E-state index contributed by atoms with van der Waals surface area (Å²) in [4.78, 5) is -0.193. The average molecular weight is 407 g/mol. The zero-order chi connectivity index (χ0) is 20.4. The maximum atomic E-state index is 12.0. The zero-order valence-electron chi connectivity index (χ0n) is 16.4. The van der Waals surface area contributed by atoms with Crippen LogP contribution in [-0.2, 0) is 16.5 Å². The molecule has 0 atom stereocenters.